The average Bonchev–Trinajstić information content (AvgIpc) is 3.37. The van der Waals surface area contributed by atoms with E-state index in [4.69, 9.17) is 9.15 Å². The summed E-state index contributed by atoms with van der Waals surface area (Å²) in [6, 6.07) is 16.5. The van der Waals surface area contributed by atoms with Crippen LogP contribution in [-0.4, -0.2) is 24.2 Å². The van der Waals surface area contributed by atoms with Crippen LogP contribution in [0.25, 0.3) is 10.2 Å². The number of aromatic nitrogens is 1. The van der Waals surface area contributed by atoms with Crippen LogP contribution >= 0.6 is 11.3 Å². The molecule has 0 N–H and O–H groups in total. The van der Waals surface area contributed by atoms with E-state index in [0.29, 0.717) is 16.5 Å². The number of hydrogen-bond donors (Lipinski definition) is 0. The van der Waals surface area contributed by atoms with Crippen molar-refractivity contribution in [2.24, 2.45) is 5.10 Å². The Balaban J connectivity index is 1.77. The van der Waals surface area contributed by atoms with Crippen LogP contribution in [0, 0.1) is 6.92 Å². The van der Waals surface area contributed by atoms with Gasteiger partial charge < -0.3 is 9.15 Å². The van der Waals surface area contributed by atoms with Gasteiger partial charge in [-0.2, -0.15) is 10.1 Å². The largest absolute Gasteiger partial charge is 0.497 e. The van der Waals surface area contributed by atoms with Gasteiger partial charge in [0.15, 0.2) is 0 Å². The maximum Gasteiger partial charge on any atom is 0.280 e. The Labute approximate surface area is 165 Å². The van der Waals surface area contributed by atoms with Gasteiger partial charge in [0.25, 0.3) is 5.91 Å². The number of furan rings is 1. The molecular formula is C21H17N3O3S. The molecule has 0 unspecified atom stereocenters. The monoisotopic (exact) mass is 391 g/mol. The number of amides is 1. The molecule has 140 valence electrons. The minimum absolute atomic E-state index is 0.266. The summed E-state index contributed by atoms with van der Waals surface area (Å²) in [6.07, 6.45) is 3.05. The topological polar surface area (TPSA) is 67.9 Å². The van der Waals surface area contributed by atoms with Crippen LogP contribution in [0.15, 0.2) is 70.4 Å². The van der Waals surface area contributed by atoms with E-state index < -0.39 is 0 Å². The maximum atomic E-state index is 13.2. The zero-order chi connectivity index (χ0) is 19.5. The first-order chi connectivity index (χ1) is 13.6. The normalized spacial score (nSPS) is 11.2. The number of aryl methyl sites for hydroxylation is 1. The SMILES string of the molecule is COc1ccc2nc(N(/N=C\c3ccco3)C(=O)c3cccc(C)c3)sc2c1. The molecule has 7 heteroatoms. The number of thiazole rings is 1. The number of fused-ring (bicyclic) bond motifs is 1. The van der Waals surface area contributed by atoms with Gasteiger partial charge in [-0.25, -0.2) is 4.98 Å². The molecule has 0 saturated heterocycles. The molecule has 0 spiro atoms. The van der Waals surface area contributed by atoms with Gasteiger partial charge in [-0.05, 0) is 49.4 Å². The quantitative estimate of drug-likeness (QED) is 0.359. The van der Waals surface area contributed by atoms with Crippen molar-refractivity contribution >= 4 is 38.8 Å². The van der Waals surface area contributed by atoms with Gasteiger partial charge in [0.2, 0.25) is 5.13 Å². The Morgan fingerprint density at radius 1 is 1.21 bits per heavy atom. The molecule has 0 atom stereocenters. The summed E-state index contributed by atoms with van der Waals surface area (Å²) in [6.45, 7) is 1.94. The number of hydrogen-bond acceptors (Lipinski definition) is 6. The van der Waals surface area contributed by atoms with E-state index in [1.54, 1.807) is 31.6 Å². The van der Waals surface area contributed by atoms with Crippen molar-refractivity contribution in [2.45, 2.75) is 6.92 Å². The van der Waals surface area contributed by atoms with E-state index in [2.05, 4.69) is 10.1 Å². The highest BCUT2D eigenvalue weighted by atomic mass is 32.1. The number of rotatable bonds is 5. The third-order valence-electron chi connectivity index (χ3n) is 4.07. The number of carbonyl (C=O) groups is 1. The Morgan fingerprint density at radius 2 is 2.11 bits per heavy atom. The fourth-order valence-corrected chi connectivity index (χ4v) is 3.63. The molecule has 1 amide bonds. The van der Waals surface area contributed by atoms with Crippen molar-refractivity contribution in [3.8, 4) is 5.75 Å². The van der Waals surface area contributed by atoms with Gasteiger partial charge >= 0.3 is 0 Å². The number of methoxy groups -OCH3 is 1. The summed E-state index contributed by atoms with van der Waals surface area (Å²) in [5.74, 6) is 1.01. The molecule has 0 aliphatic carbocycles. The lowest BCUT2D eigenvalue weighted by Gasteiger charge is -2.13. The molecule has 2 heterocycles. The van der Waals surface area contributed by atoms with Crippen LogP contribution in [0.4, 0.5) is 5.13 Å². The van der Waals surface area contributed by atoms with E-state index in [-0.39, 0.29) is 5.91 Å². The molecule has 0 fully saturated rings. The van der Waals surface area contributed by atoms with Gasteiger partial charge in [-0.15, -0.1) is 0 Å². The first-order valence-corrected chi connectivity index (χ1v) is 9.39. The molecule has 0 radical (unpaired) electrons. The van der Waals surface area contributed by atoms with Gasteiger partial charge in [0.1, 0.15) is 11.5 Å². The zero-order valence-electron chi connectivity index (χ0n) is 15.3. The van der Waals surface area contributed by atoms with E-state index >= 15 is 0 Å². The van der Waals surface area contributed by atoms with E-state index in [0.717, 1.165) is 21.5 Å². The number of nitrogens with zero attached hydrogens (tertiary/aromatic N) is 3. The third-order valence-corrected chi connectivity index (χ3v) is 5.06. The molecule has 28 heavy (non-hydrogen) atoms. The molecule has 0 bridgehead atoms. The third kappa shape index (κ3) is 3.65. The zero-order valence-corrected chi connectivity index (χ0v) is 16.1. The summed E-state index contributed by atoms with van der Waals surface area (Å²) < 4.78 is 11.5. The standard InChI is InChI=1S/C21H17N3O3S/c1-14-5-3-6-15(11-14)20(25)24(22-13-17-7-4-10-27-17)21-23-18-9-8-16(26-2)12-19(18)28-21/h3-13H,1-2H3/b22-13-. The highest BCUT2D eigenvalue weighted by Gasteiger charge is 2.21. The van der Waals surface area contributed by atoms with Crippen molar-refractivity contribution in [1.82, 2.24) is 4.98 Å². The van der Waals surface area contributed by atoms with Crippen LogP contribution in [0.1, 0.15) is 21.7 Å². The first-order valence-electron chi connectivity index (χ1n) is 8.57. The Kier molecular flexibility index (Phi) is 4.90. The molecule has 4 aromatic rings. The second-order valence-electron chi connectivity index (χ2n) is 6.08. The Hall–Kier alpha value is -3.45. The smallest absolute Gasteiger partial charge is 0.280 e. The molecule has 6 nitrogen and oxygen atoms in total. The van der Waals surface area contributed by atoms with Crippen LogP contribution in [-0.2, 0) is 0 Å². The van der Waals surface area contributed by atoms with Crippen molar-refractivity contribution in [3.05, 3.63) is 77.7 Å². The minimum Gasteiger partial charge on any atom is -0.497 e. The highest BCUT2D eigenvalue weighted by molar-refractivity contribution is 7.22. The molecule has 2 aromatic carbocycles. The number of carbonyl (C=O) groups excluding carboxylic acids is 1. The lowest BCUT2D eigenvalue weighted by atomic mass is 10.1. The number of anilines is 1. The molecule has 0 aliphatic rings. The van der Waals surface area contributed by atoms with Crippen molar-refractivity contribution in [3.63, 3.8) is 0 Å². The fourth-order valence-electron chi connectivity index (χ4n) is 2.68. The maximum absolute atomic E-state index is 13.2. The van der Waals surface area contributed by atoms with Crippen molar-refractivity contribution in [1.29, 1.82) is 0 Å². The van der Waals surface area contributed by atoms with Crippen LogP contribution in [0.5, 0.6) is 5.75 Å². The minimum atomic E-state index is -0.266. The van der Waals surface area contributed by atoms with Crippen molar-refractivity contribution < 1.29 is 13.9 Å². The lowest BCUT2D eigenvalue weighted by molar-refractivity contribution is 0.0987. The average molecular weight is 391 g/mol. The summed E-state index contributed by atoms with van der Waals surface area (Å²) in [7, 11) is 1.62. The Morgan fingerprint density at radius 3 is 2.86 bits per heavy atom. The van der Waals surface area contributed by atoms with Crippen LogP contribution in [0.3, 0.4) is 0 Å². The predicted octanol–water partition coefficient (Wildman–Crippen LogP) is 4.89. The number of benzene rings is 2. The van der Waals surface area contributed by atoms with E-state index in [1.165, 1.54) is 22.6 Å². The summed E-state index contributed by atoms with van der Waals surface area (Å²) >= 11 is 1.37. The van der Waals surface area contributed by atoms with Gasteiger partial charge in [0.05, 0.1) is 29.8 Å². The van der Waals surface area contributed by atoms with E-state index in [1.807, 2.05) is 43.3 Å². The Bertz CT molecular complexity index is 1150. The van der Waals surface area contributed by atoms with Crippen LogP contribution in [0.2, 0.25) is 0 Å². The summed E-state index contributed by atoms with van der Waals surface area (Å²) in [5, 5.41) is 6.13. The lowest BCUT2D eigenvalue weighted by Crippen LogP contribution is -2.25. The summed E-state index contributed by atoms with van der Waals surface area (Å²) in [4.78, 5) is 17.8. The molecule has 0 aliphatic heterocycles. The second-order valence-corrected chi connectivity index (χ2v) is 7.09. The molecule has 4 rings (SSSR count). The van der Waals surface area contributed by atoms with Crippen molar-refractivity contribution in [2.75, 3.05) is 12.1 Å². The highest BCUT2D eigenvalue weighted by Crippen LogP contribution is 2.32. The molecular weight excluding hydrogens is 374 g/mol. The number of ether oxygens (including phenoxy) is 1. The van der Waals surface area contributed by atoms with Gasteiger partial charge in [-0.1, -0.05) is 29.0 Å². The van der Waals surface area contributed by atoms with Gasteiger partial charge in [-0.3, -0.25) is 4.79 Å². The first kappa shape index (κ1) is 17.9. The van der Waals surface area contributed by atoms with Crippen LogP contribution < -0.4 is 9.75 Å². The predicted molar refractivity (Wildman–Crippen MR) is 110 cm³/mol. The number of hydrazone groups is 1. The summed E-state index contributed by atoms with van der Waals surface area (Å²) in [5.41, 5.74) is 2.30. The molecule has 0 saturated carbocycles. The molecule has 2 aromatic heterocycles. The second kappa shape index (κ2) is 7.66. The van der Waals surface area contributed by atoms with E-state index in [9.17, 15) is 4.79 Å². The van der Waals surface area contributed by atoms with Gasteiger partial charge in [0, 0.05) is 5.56 Å². The fraction of sp³-hybridized carbons (Fsp3) is 0.0952.